The molecule has 0 amide bonds. The monoisotopic (exact) mass is 246 g/mol. The van der Waals surface area contributed by atoms with Crippen molar-refractivity contribution >= 4 is 8.56 Å². The second-order valence-electron chi connectivity index (χ2n) is 5.79. The molecule has 0 saturated heterocycles. The van der Waals surface area contributed by atoms with Crippen molar-refractivity contribution in [1.29, 1.82) is 0 Å². The minimum atomic E-state index is -2.12. The van der Waals surface area contributed by atoms with Gasteiger partial charge in [-0.05, 0) is 17.9 Å². The van der Waals surface area contributed by atoms with E-state index in [0.717, 1.165) is 6.04 Å². The van der Waals surface area contributed by atoms with Crippen molar-refractivity contribution in [1.82, 2.24) is 0 Å². The van der Waals surface area contributed by atoms with Crippen molar-refractivity contribution in [3.8, 4) is 0 Å². The van der Waals surface area contributed by atoms with Gasteiger partial charge in [-0.15, -0.1) is 0 Å². The summed E-state index contributed by atoms with van der Waals surface area (Å²) in [5.41, 5.74) is 0. The van der Waals surface area contributed by atoms with E-state index in [9.17, 15) is 0 Å². The molecule has 0 bridgehead atoms. The highest BCUT2D eigenvalue weighted by molar-refractivity contribution is 6.70. The van der Waals surface area contributed by atoms with Crippen molar-refractivity contribution in [2.24, 2.45) is 11.8 Å². The third kappa shape index (κ3) is 3.08. The number of hydrogen-bond acceptors (Lipinski definition) is 2. The highest BCUT2D eigenvalue weighted by atomic mass is 28.4. The predicted octanol–water partition coefficient (Wildman–Crippen LogP) is 4.20. The fourth-order valence-corrected chi connectivity index (χ4v) is 6.57. The molecular formula is C13H30O2Si. The Bertz CT molecular complexity index is 198. The fraction of sp³-hybridized carbons (Fsp3) is 1.00. The van der Waals surface area contributed by atoms with Crippen LogP contribution >= 0.6 is 0 Å². The summed E-state index contributed by atoms with van der Waals surface area (Å²) in [6.07, 6.45) is 1.17. The lowest BCUT2D eigenvalue weighted by Crippen LogP contribution is -2.53. The zero-order valence-corrected chi connectivity index (χ0v) is 13.4. The first-order valence-electron chi connectivity index (χ1n) is 6.37. The fourth-order valence-electron chi connectivity index (χ4n) is 2.46. The van der Waals surface area contributed by atoms with Gasteiger partial charge in [0.05, 0.1) is 0 Å². The van der Waals surface area contributed by atoms with Crippen LogP contribution in [0.15, 0.2) is 0 Å². The third-order valence-electron chi connectivity index (χ3n) is 4.16. The highest BCUT2D eigenvalue weighted by Gasteiger charge is 2.53. The van der Waals surface area contributed by atoms with Crippen LogP contribution in [0.4, 0.5) is 0 Å². The molecule has 0 radical (unpaired) electrons. The average molecular weight is 246 g/mol. The highest BCUT2D eigenvalue weighted by Crippen LogP contribution is 2.49. The van der Waals surface area contributed by atoms with E-state index in [0.29, 0.717) is 11.8 Å². The van der Waals surface area contributed by atoms with Crippen molar-refractivity contribution in [2.75, 3.05) is 14.2 Å². The Morgan fingerprint density at radius 1 is 1.06 bits per heavy atom. The summed E-state index contributed by atoms with van der Waals surface area (Å²) >= 11 is 0. The summed E-state index contributed by atoms with van der Waals surface area (Å²) in [7, 11) is 1.53. The maximum absolute atomic E-state index is 5.90. The molecule has 0 spiro atoms. The molecule has 1 atom stereocenters. The zero-order chi connectivity index (χ0) is 13.0. The standard InChI is InChI=1S/C13H30O2Si/c1-9-12(4)13(5,6)16(14-7,15-8)10-11(2)3/h11-12H,9-10H2,1-8H3. The molecule has 0 aromatic heterocycles. The van der Waals surface area contributed by atoms with Gasteiger partial charge in [-0.1, -0.05) is 48.0 Å². The van der Waals surface area contributed by atoms with Gasteiger partial charge in [0, 0.05) is 19.3 Å². The summed E-state index contributed by atoms with van der Waals surface area (Å²) in [5.74, 6) is 1.24. The smallest absolute Gasteiger partial charge is 0.343 e. The van der Waals surface area contributed by atoms with E-state index in [-0.39, 0.29) is 5.04 Å². The Morgan fingerprint density at radius 2 is 1.50 bits per heavy atom. The largest absolute Gasteiger partial charge is 0.397 e. The van der Waals surface area contributed by atoms with Gasteiger partial charge in [-0.25, -0.2) is 0 Å². The van der Waals surface area contributed by atoms with Crippen LogP contribution < -0.4 is 0 Å². The van der Waals surface area contributed by atoms with Gasteiger partial charge in [0.25, 0.3) is 0 Å². The summed E-state index contributed by atoms with van der Waals surface area (Å²) in [4.78, 5) is 0. The normalized spacial score (nSPS) is 15.6. The first-order chi connectivity index (χ1) is 7.27. The van der Waals surface area contributed by atoms with Gasteiger partial charge < -0.3 is 8.85 Å². The summed E-state index contributed by atoms with van der Waals surface area (Å²) < 4.78 is 11.8. The van der Waals surface area contributed by atoms with E-state index in [4.69, 9.17) is 8.85 Å². The summed E-state index contributed by atoms with van der Waals surface area (Å²) in [6, 6.07) is 1.07. The second-order valence-corrected chi connectivity index (χ2v) is 9.81. The predicted molar refractivity (Wildman–Crippen MR) is 72.9 cm³/mol. The maximum Gasteiger partial charge on any atom is 0.343 e. The van der Waals surface area contributed by atoms with Crippen LogP contribution in [0.3, 0.4) is 0 Å². The molecule has 0 N–H and O–H groups in total. The van der Waals surface area contributed by atoms with Crippen molar-refractivity contribution in [3.63, 3.8) is 0 Å². The maximum atomic E-state index is 5.90. The first-order valence-corrected chi connectivity index (χ1v) is 8.40. The molecule has 98 valence electrons. The molecule has 0 aromatic rings. The van der Waals surface area contributed by atoms with Crippen LogP contribution in [0.2, 0.25) is 11.1 Å². The molecule has 1 unspecified atom stereocenters. The van der Waals surface area contributed by atoms with Gasteiger partial charge >= 0.3 is 8.56 Å². The van der Waals surface area contributed by atoms with Crippen molar-refractivity contribution < 1.29 is 8.85 Å². The lowest BCUT2D eigenvalue weighted by molar-refractivity contribution is 0.182. The van der Waals surface area contributed by atoms with Gasteiger partial charge in [0.2, 0.25) is 0 Å². The molecule has 0 aliphatic carbocycles. The Kier molecular flexibility index (Phi) is 6.23. The van der Waals surface area contributed by atoms with Crippen LogP contribution in [0.25, 0.3) is 0 Å². The molecule has 0 aliphatic rings. The van der Waals surface area contributed by atoms with E-state index in [1.807, 2.05) is 14.2 Å². The molecule has 2 nitrogen and oxygen atoms in total. The van der Waals surface area contributed by atoms with Crippen molar-refractivity contribution in [2.45, 2.75) is 59.0 Å². The van der Waals surface area contributed by atoms with E-state index in [1.54, 1.807) is 0 Å². The molecule has 0 saturated carbocycles. The van der Waals surface area contributed by atoms with Crippen LogP contribution in [0.1, 0.15) is 48.0 Å². The van der Waals surface area contributed by atoms with E-state index < -0.39 is 8.56 Å². The van der Waals surface area contributed by atoms with Gasteiger partial charge in [0.15, 0.2) is 0 Å². The van der Waals surface area contributed by atoms with Crippen LogP contribution in [0, 0.1) is 11.8 Å². The van der Waals surface area contributed by atoms with Crippen molar-refractivity contribution in [3.05, 3.63) is 0 Å². The molecule has 0 aromatic carbocycles. The summed E-state index contributed by atoms with van der Waals surface area (Å²) in [6.45, 7) is 13.6. The van der Waals surface area contributed by atoms with E-state index in [2.05, 4.69) is 41.5 Å². The quantitative estimate of drug-likeness (QED) is 0.627. The van der Waals surface area contributed by atoms with E-state index in [1.165, 1.54) is 6.42 Å². The van der Waals surface area contributed by atoms with Crippen LogP contribution in [-0.4, -0.2) is 22.8 Å². The molecule has 0 rings (SSSR count). The SMILES string of the molecule is CCC(C)C(C)(C)[Si](CC(C)C)(OC)OC. The second kappa shape index (κ2) is 6.17. The average Bonchev–Trinajstić information content (AvgIpc) is 2.23. The molecule has 3 heteroatoms. The van der Waals surface area contributed by atoms with E-state index >= 15 is 0 Å². The van der Waals surface area contributed by atoms with Gasteiger partial charge in [-0.2, -0.15) is 0 Å². The topological polar surface area (TPSA) is 18.5 Å². The lowest BCUT2D eigenvalue weighted by atomic mass is 9.94. The van der Waals surface area contributed by atoms with Gasteiger partial charge in [0.1, 0.15) is 0 Å². The molecule has 0 fully saturated rings. The van der Waals surface area contributed by atoms with Crippen LogP contribution in [-0.2, 0) is 8.85 Å². The molecule has 0 aliphatic heterocycles. The van der Waals surface area contributed by atoms with Gasteiger partial charge in [-0.3, -0.25) is 0 Å². The number of hydrogen-bond donors (Lipinski definition) is 0. The Balaban J connectivity index is 5.14. The molecular weight excluding hydrogens is 216 g/mol. The van der Waals surface area contributed by atoms with Crippen LogP contribution in [0.5, 0.6) is 0 Å². The minimum absolute atomic E-state index is 0.148. The minimum Gasteiger partial charge on any atom is -0.397 e. The molecule has 0 heterocycles. The first kappa shape index (κ1) is 16.1. The zero-order valence-electron chi connectivity index (χ0n) is 12.4. The summed E-state index contributed by atoms with van der Waals surface area (Å²) in [5, 5.41) is 0.148. The Morgan fingerprint density at radius 3 is 1.75 bits per heavy atom. The third-order valence-corrected chi connectivity index (χ3v) is 9.29. The lowest BCUT2D eigenvalue weighted by Gasteiger charge is -2.45. The Hall–Kier alpha value is 0.137. The number of rotatable bonds is 7. The Labute approximate surface area is 103 Å². The molecule has 16 heavy (non-hydrogen) atoms.